The van der Waals surface area contributed by atoms with Crippen molar-refractivity contribution in [2.24, 2.45) is 0 Å². The Bertz CT molecular complexity index is 572. The van der Waals surface area contributed by atoms with Gasteiger partial charge >= 0.3 is 5.97 Å². The third-order valence-electron chi connectivity index (χ3n) is 1.99. The van der Waals surface area contributed by atoms with Gasteiger partial charge in [-0.25, -0.2) is 4.68 Å². The van der Waals surface area contributed by atoms with Crippen LogP contribution in [0.5, 0.6) is 0 Å². The van der Waals surface area contributed by atoms with E-state index in [-0.39, 0.29) is 6.54 Å². The maximum Gasteiger partial charge on any atom is 0.325 e. The van der Waals surface area contributed by atoms with Crippen molar-refractivity contribution in [3.63, 3.8) is 0 Å². The number of aliphatic carboxylic acids is 1. The van der Waals surface area contributed by atoms with Crippen molar-refractivity contribution in [2.75, 3.05) is 0 Å². The van der Waals surface area contributed by atoms with Gasteiger partial charge in [0.15, 0.2) is 5.82 Å². The summed E-state index contributed by atoms with van der Waals surface area (Å²) in [6, 6.07) is 5.12. The topological polar surface area (TPSA) is 80.9 Å². The molecule has 1 aromatic heterocycles. The monoisotopic (exact) mass is 316 g/mol. The first-order chi connectivity index (χ1) is 8.08. The first kappa shape index (κ1) is 12.0. The Kier molecular flexibility index (Phi) is 3.39. The second-order valence-electron chi connectivity index (χ2n) is 3.18. The minimum absolute atomic E-state index is 0.304. The number of carboxylic acids is 1. The van der Waals surface area contributed by atoms with Crippen LogP contribution in [-0.4, -0.2) is 31.3 Å². The molecule has 1 heterocycles. The number of carboxylic acid groups (broad SMARTS) is 1. The molecule has 0 saturated heterocycles. The number of aromatic nitrogens is 4. The van der Waals surface area contributed by atoms with Gasteiger partial charge in [0, 0.05) is 15.1 Å². The van der Waals surface area contributed by atoms with Crippen LogP contribution in [0.2, 0.25) is 5.02 Å². The van der Waals surface area contributed by atoms with Gasteiger partial charge in [-0.3, -0.25) is 4.79 Å². The number of carbonyl (C=O) groups is 1. The summed E-state index contributed by atoms with van der Waals surface area (Å²) in [7, 11) is 0. The van der Waals surface area contributed by atoms with Crippen LogP contribution in [0.3, 0.4) is 0 Å². The summed E-state index contributed by atoms with van der Waals surface area (Å²) in [5.41, 5.74) is 0.642. The molecule has 0 saturated carbocycles. The van der Waals surface area contributed by atoms with E-state index < -0.39 is 5.97 Å². The quantitative estimate of drug-likeness (QED) is 0.934. The van der Waals surface area contributed by atoms with E-state index in [4.69, 9.17) is 16.7 Å². The maximum absolute atomic E-state index is 10.6. The second kappa shape index (κ2) is 4.80. The molecule has 0 fully saturated rings. The average Bonchev–Trinajstić information content (AvgIpc) is 2.69. The zero-order chi connectivity index (χ0) is 12.4. The molecule has 0 unspecified atom stereocenters. The molecule has 2 aromatic rings. The molecule has 2 rings (SSSR count). The number of halogens is 2. The molecule has 6 nitrogen and oxygen atoms in total. The van der Waals surface area contributed by atoms with Crippen molar-refractivity contribution >= 4 is 33.5 Å². The Balaban J connectivity index is 2.49. The van der Waals surface area contributed by atoms with Crippen molar-refractivity contribution in [2.45, 2.75) is 6.54 Å². The molecule has 0 amide bonds. The summed E-state index contributed by atoms with van der Waals surface area (Å²) in [6.07, 6.45) is 0. The van der Waals surface area contributed by atoms with E-state index in [1.807, 2.05) is 0 Å². The summed E-state index contributed by atoms with van der Waals surface area (Å²) in [6.45, 7) is -0.304. The molecule has 0 aliphatic heterocycles. The fourth-order valence-electron chi connectivity index (χ4n) is 1.30. The van der Waals surface area contributed by atoms with Gasteiger partial charge in [-0.15, -0.1) is 5.10 Å². The third-order valence-corrected chi connectivity index (χ3v) is 2.91. The first-order valence-electron chi connectivity index (χ1n) is 4.51. The van der Waals surface area contributed by atoms with Crippen molar-refractivity contribution in [1.29, 1.82) is 0 Å². The van der Waals surface area contributed by atoms with Crippen LogP contribution in [0.1, 0.15) is 0 Å². The van der Waals surface area contributed by atoms with Crippen LogP contribution >= 0.6 is 27.5 Å². The zero-order valence-corrected chi connectivity index (χ0v) is 10.7. The van der Waals surface area contributed by atoms with Gasteiger partial charge in [0.1, 0.15) is 6.54 Å². The molecule has 0 radical (unpaired) electrons. The molecular formula is C9H6BrClN4O2. The Morgan fingerprint density at radius 2 is 2.29 bits per heavy atom. The standard InChI is InChI=1S/C9H6BrClN4O2/c10-7-2-1-5(11)3-6(7)9-12-13-14-15(9)4-8(16)17/h1-3H,4H2,(H,16,17). The highest BCUT2D eigenvalue weighted by Gasteiger charge is 2.14. The lowest BCUT2D eigenvalue weighted by Gasteiger charge is -2.04. The molecule has 0 atom stereocenters. The van der Waals surface area contributed by atoms with Crippen LogP contribution in [-0.2, 0) is 11.3 Å². The smallest absolute Gasteiger partial charge is 0.325 e. The van der Waals surface area contributed by atoms with Crippen LogP contribution in [0, 0.1) is 0 Å². The van der Waals surface area contributed by atoms with Crippen LogP contribution in [0.15, 0.2) is 22.7 Å². The van der Waals surface area contributed by atoms with Crippen LogP contribution < -0.4 is 0 Å². The summed E-state index contributed by atoms with van der Waals surface area (Å²) in [5, 5.41) is 20.1. The van der Waals surface area contributed by atoms with Gasteiger partial charge in [0.2, 0.25) is 0 Å². The van der Waals surface area contributed by atoms with Gasteiger partial charge in [0.25, 0.3) is 0 Å². The Labute approximate surface area is 109 Å². The van der Waals surface area contributed by atoms with E-state index in [2.05, 4.69) is 31.5 Å². The van der Waals surface area contributed by atoms with Gasteiger partial charge in [0.05, 0.1) is 0 Å². The van der Waals surface area contributed by atoms with E-state index in [1.54, 1.807) is 18.2 Å². The predicted octanol–water partition coefficient (Wildman–Crippen LogP) is 1.84. The van der Waals surface area contributed by atoms with Gasteiger partial charge in [-0.2, -0.15) is 0 Å². The Morgan fingerprint density at radius 3 is 3.00 bits per heavy atom. The molecule has 0 spiro atoms. The van der Waals surface area contributed by atoms with E-state index >= 15 is 0 Å². The van der Waals surface area contributed by atoms with E-state index in [0.29, 0.717) is 16.4 Å². The highest BCUT2D eigenvalue weighted by Crippen LogP contribution is 2.28. The molecule has 0 aliphatic rings. The third kappa shape index (κ3) is 2.62. The molecule has 0 aliphatic carbocycles. The Morgan fingerprint density at radius 1 is 1.53 bits per heavy atom. The van der Waals surface area contributed by atoms with Crippen LogP contribution in [0.4, 0.5) is 0 Å². The lowest BCUT2D eigenvalue weighted by Crippen LogP contribution is -2.11. The minimum Gasteiger partial charge on any atom is -0.480 e. The lowest BCUT2D eigenvalue weighted by atomic mass is 10.2. The summed E-state index contributed by atoms with van der Waals surface area (Å²) in [4.78, 5) is 10.6. The van der Waals surface area contributed by atoms with Crippen LogP contribution in [0.25, 0.3) is 11.4 Å². The van der Waals surface area contributed by atoms with E-state index in [0.717, 1.165) is 4.47 Å². The first-order valence-corrected chi connectivity index (χ1v) is 5.68. The maximum atomic E-state index is 10.6. The number of hydrogen-bond acceptors (Lipinski definition) is 4. The lowest BCUT2D eigenvalue weighted by molar-refractivity contribution is -0.137. The summed E-state index contributed by atoms with van der Waals surface area (Å²) >= 11 is 9.21. The highest BCUT2D eigenvalue weighted by atomic mass is 79.9. The molecule has 0 bridgehead atoms. The Hall–Kier alpha value is -1.47. The molecule has 1 aromatic carbocycles. The summed E-state index contributed by atoms with van der Waals surface area (Å²) in [5.74, 6) is -0.668. The molecule has 17 heavy (non-hydrogen) atoms. The number of benzene rings is 1. The van der Waals surface area contributed by atoms with Crippen molar-refractivity contribution in [3.05, 3.63) is 27.7 Å². The molecular weight excluding hydrogens is 311 g/mol. The number of nitrogens with zero attached hydrogens (tertiary/aromatic N) is 4. The largest absolute Gasteiger partial charge is 0.480 e. The van der Waals surface area contributed by atoms with Gasteiger partial charge in [-0.1, -0.05) is 27.5 Å². The second-order valence-corrected chi connectivity index (χ2v) is 4.47. The fourth-order valence-corrected chi connectivity index (χ4v) is 1.90. The van der Waals surface area contributed by atoms with Gasteiger partial charge in [-0.05, 0) is 28.6 Å². The molecule has 8 heteroatoms. The van der Waals surface area contributed by atoms with Crippen molar-refractivity contribution in [3.8, 4) is 11.4 Å². The fraction of sp³-hybridized carbons (Fsp3) is 0.111. The van der Waals surface area contributed by atoms with Gasteiger partial charge < -0.3 is 5.11 Å². The summed E-state index contributed by atoms with van der Waals surface area (Å²) < 4.78 is 1.93. The normalized spacial score (nSPS) is 10.5. The molecule has 1 N–H and O–H groups in total. The average molecular weight is 318 g/mol. The number of rotatable bonds is 3. The predicted molar refractivity (Wildman–Crippen MR) is 63.6 cm³/mol. The SMILES string of the molecule is O=C(O)Cn1nnnc1-c1cc(Cl)ccc1Br. The van der Waals surface area contributed by atoms with Crippen molar-refractivity contribution in [1.82, 2.24) is 20.2 Å². The molecule has 88 valence electrons. The van der Waals surface area contributed by atoms with E-state index in [1.165, 1.54) is 4.68 Å². The van der Waals surface area contributed by atoms with E-state index in [9.17, 15) is 4.79 Å². The highest BCUT2D eigenvalue weighted by molar-refractivity contribution is 9.10. The zero-order valence-electron chi connectivity index (χ0n) is 8.34. The minimum atomic E-state index is -1.02. The van der Waals surface area contributed by atoms with Crippen molar-refractivity contribution < 1.29 is 9.90 Å². The number of tetrazole rings is 1. The number of hydrogen-bond donors (Lipinski definition) is 1.